The highest BCUT2D eigenvalue weighted by Gasteiger charge is 2.29. The van der Waals surface area contributed by atoms with E-state index in [2.05, 4.69) is 11.9 Å². The fourth-order valence-corrected chi connectivity index (χ4v) is 2.84. The Labute approximate surface area is 158 Å². The predicted molar refractivity (Wildman–Crippen MR) is 103 cm³/mol. The Balaban J connectivity index is 2.07. The lowest BCUT2D eigenvalue weighted by atomic mass is 10.1. The summed E-state index contributed by atoms with van der Waals surface area (Å²) in [6.45, 7) is 2.06. The zero-order valence-electron chi connectivity index (χ0n) is 15.7. The number of rotatable bonds is 6. The van der Waals surface area contributed by atoms with Crippen LogP contribution in [0.25, 0.3) is 6.08 Å². The molecule has 27 heavy (non-hydrogen) atoms. The van der Waals surface area contributed by atoms with Gasteiger partial charge in [0.05, 0.1) is 21.3 Å². The van der Waals surface area contributed by atoms with Gasteiger partial charge in [-0.3, -0.25) is 0 Å². The van der Waals surface area contributed by atoms with E-state index in [0.29, 0.717) is 22.8 Å². The first-order chi connectivity index (χ1) is 13.1. The first-order valence-corrected chi connectivity index (χ1v) is 8.52. The standard InChI is InChI=1S/C21H21NO5/c1-5-13-9-10-16(24-2)14(11-13)12-15-21(23)27-20(22-15)19-17(25-3)7-6-8-18(19)26-4/h6-12H,5H2,1-4H3/b15-12+. The average molecular weight is 367 g/mol. The van der Waals surface area contributed by atoms with Gasteiger partial charge in [-0.15, -0.1) is 0 Å². The Morgan fingerprint density at radius 1 is 1.00 bits per heavy atom. The molecule has 3 rings (SSSR count). The van der Waals surface area contributed by atoms with Gasteiger partial charge in [-0.05, 0) is 42.3 Å². The third-order valence-electron chi connectivity index (χ3n) is 4.26. The number of hydrogen-bond acceptors (Lipinski definition) is 6. The van der Waals surface area contributed by atoms with Gasteiger partial charge < -0.3 is 18.9 Å². The normalized spacial score (nSPS) is 14.7. The van der Waals surface area contributed by atoms with E-state index in [1.54, 1.807) is 31.4 Å². The third-order valence-corrected chi connectivity index (χ3v) is 4.26. The van der Waals surface area contributed by atoms with Gasteiger partial charge in [0, 0.05) is 5.56 Å². The number of nitrogens with zero attached hydrogens (tertiary/aromatic N) is 1. The highest BCUT2D eigenvalue weighted by Crippen LogP contribution is 2.33. The summed E-state index contributed by atoms with van der Waals surface area (Å²) < 4.78 is 21.5. The second-order valence-electron chi connectivity index (χ2n) is 5.80. The van der Waals surface area contributed by atoms with Crippen molar-refractivity contribution in [3.05, 3.63) is 58.8 Å². The molecule has 0 amide bonds. The van der Waals surface area contributed by atoms with Gasteiger partial charge in [-0.1, -0.05) is 19.1 Å². The van der Waals surface area contributed by atoms with Gasteiger partial charge in [0.15, 0.2) is 5.70 Å². The molecule has 0 saturated carbocycles. The average Bonchev–Trinajstić information content (AvgIpc) is 3.06. The van der Waals surface area contributed by atoms with Crippen LogP contribution in [0.1, 0.15) is 23.6 Å². The molecule has 140 valence electrons. The smallest absolute Gasteiger partial charge is 0.363 e. The second-order valence-corrected chi connectivity index (χ2v) is 5.80. The number of benzene rings is 2. The molecule has 0 atom stereocenters. The minimum atomic E-state index is -0.540. The molecule has 6 heteroatoms. The Kier molecular flexibility index (Phi) is 5.45. The maximum Gasteiger partial charge on any atom is 0.363 e. The number of esters is 1. The largest absolute Gasteiger partial charge is 0.496 e. The van der Waals surface area contributed by atoms with Crippen molar-refractivity contribution in [2.24, 2.45) is 4.99 Å². The number of aryl methyl sites for hydroxylation is 1. The SMILES string of the molecule is CCc1ccc(OC)c(/C=C2/N=C(c3c(OC)cccc3OC)OC2=O)c1. The number of hydrogen-bond donors (Lipinski definition) is 0. The molecule has 0 aromatic heterocycles. The monoisotopic (exact) mass is 367 g/mol. The second kappa shape index (κ2) is 7.95. The van der Waals surface area contributed by atoms with Crippen LogP contribution >= 0.6 is 0 Å². The minimum absolute atomic E-state index is 0.145. The van der Waals surface area contributed by atoms with E-state index < -0.39 is 5.97 Å². The van der Waals surface area contributed by atoms with Gasteiger partial charge in [0.2, 0.25) is 5.90 Å². The van der Waals surface area contributed by atoms with Crippen molar-refractivity contribution in [1.82, 2.24) is 0 Å². The molecule has 0 spiro atoms. The number of aliphatic imine (C=N–C) groups is 1. The summed E-state index contributed by atoms with van der Waals surface area (Å²) in [7, 11) is 4.66. The van der Waals surface area contributed by atoms with E-state index in [1.807, 2.05) is 18.2 Å². The topological polar surface area (TPSA) is 66.3 Å². The Bertz CT molecular complexity index is 908. The highest BCUT2D eigenvalue weighted by molar-refractivity contribution is 6.15. The molecule has 0 radical (unpaired) electrons. The van der Waals surface area contributed by atoms with Crippen molar-refractivity contribution < 1.29 is 23.7 Å². The van der Waals surface area contributed by atoms with Crippen molar-refractivity contribution in [3.8, 4) is 17.2 Å². The first kappa shape index (κ1) is 18.5. The summed E-state index contributed by atoms with van der Waals surface area (Å²) in [4.78, 5) is 16.8. The summed E-state index contributed by atoms with van der Waals surface area (Å²) in [5.74, 6) is 1.28. The van der Waals surface area contributed by atoms with Crippen LogP contribution < -0.4 is 14.2 Å². The Hall–Kier alpha value is -3.28. The zero-order valence-corrected chi connectivity index (χ0v) is 15.7. The molecular weight excluding hydrogens is 346 g/mol. The van der Waals surface area contributed by atoms with Crippen molar-refractivity contribution in [2.45, 2.75) is 13.3 Å². The molecule has 1 aliphatic rings. The molecule has 2 aromatic rings. The van der Waals surface area contributed by atoms with E-state index in [-0.39, 0.29) is 11.6 Å². The number of methoxy groups -OCH3 is 3. The highest BCUT2D eigenvalue weighted by atomic mass is 16.6. The lowest BCUT2D eigenvalue weighted by molar-refractivity contribution is -0.129. The third kappa shape index (κ3) is 3.65. The van der Waals surface area contributed by atoms with E-state index in [1.165, 1.54) is 14.2 Å². The molecule has 2 aromatic carbocycles. The summed E-state index contributed by atoms with van der Waals surface area (Å²) in [6.07, 6.45) is 2.53. The van der Waals surface area contributed by atoms with E-state index in [9.17, 15) is 4.79 Å². The van der Waals surface area contributed by atoms with E-state index >= 15 is 0 Å². The molecule has 0 fully saturated rings. The van der Waals surface area contributed by atoms with Crippen LogP contribution in [0.3, 0.4) is 0 Å². The quantitative estimate of drug-likeness (QED) is 0.576. The number of carbonyl (C=O) groups excluding carboxylic acids is 1. The predicted octanol–water partition coefficient (Wildman–Crippen LogP) is 3.62. The molecule has 1 heterocycles. The van der Waals surface area contributed by atoms with Gasteiger partial charge >= 0.3 is 5.97 Å². The molecular formula is C21H21NO5. The lowest BCUT2D eigenvalue weighted by Gasteiger charge is -2.11. The Morgan fingerprint density at radius 2 is 1.67 bits per heavy atom. The molecule has 0 aliphatic carbocycles. The van der Waals surface area contributed by atoms with Crippen molar-refractivity contribution in [1.29, 1.82) is 0 Å². The lowest BCUT2D eigenvalue weighted by Crippen LogP contribution is -2.09. The molecule has 0 unspecified atom stereocenters. The first-order valence-electron chi connectivity index (χ1n) is 8.52. The molecule has 0 N–H and O–H groups in total. The number of ether oxygens (including phenoxy) is 4. The van der Waals surface area contributed by atoms with Crippen LogP contribution in [0, 0.1) is 0 Å². The van der Waals surface area contributed by atoms with Crippen LogP contribution in [0.4, 0.5) is 0 Å². The summed E-state index contributed by atoms with van der Waals surface area (Å²) in [5.41, 5.74) is 2.57. The zero-order chi connectivity index (χ0) is 19.4. The van der Waals surface area contributed by atoms with Crippen LogP contribution in [-0.2, 0) is 16.0 Å². The van der Waals surface area contributed by atoms with Gasteiger partial charge in [-0.2, -0.15) is 0 Å². The number of carbonyl (C=O) groups is 1. The van der Waals surface area contributed by atoms with Gasteiger partial charge in [0.1, 0.15) is 22.8 Å². The summed E-state index contributed by atoms with van der Waals surface area (Å²) in [5, 5.41) is 0. The Morgan fingerprint density at radius 3 is 2.26 bits per heavy atom. The fourth-order valence-electron chi connectivity index (χ4n) is 2.84. The van der Waals surface area contributed by atoms with Crippen molar-refractivity contribution >= 4 is 17.9 Å². The van der Waals surface area contributed by atoms with Crippen LogP contribution in [0.5, 0.6) is 17.2 Å². The maximum atomic E-state index is 12.4. The van der Waals surface area contributed by atoms with Gasteiger partial charge in [-0.25, -0.2) is 9.79 Å². The van der Waals surface area contributed by atoms with Gasteiger partial charge in [0.25, 0.3) is 0 Å². The summed E-state index contributed by atoms with van der Waals surface area (Å²) >= 11 is 0. The number of cyclic esters (lactones) is 1. The minimum Gasteiger partial charge on any atom is -0.496 e. The molecule has 0 bridgehead atoms. The van der Waals surface area contributed by atoms with Crippen molar-refractivity contribution in [2.75, 3.05) is 21.3 Å². The molecule has 1 aliphatic heterocycles. The van der Waals surface area contributed by atoms with E-state index in [4.69, 9.17) is 18.9 Å². The molecule has 0 saturated heterocycles. The van der Waals surface area contributed by atoms with Crippen molar-refractivity contribution in [3.63, 3.8) is 0 Å². The summed E-state index contributed by atoms with van der Waals surface area (Å²) in [6, 6.07) is 11.1. The fraction of sp³-hybridized carbons (Fsp3) is 0.238. The van der Waals surface area contributed by atoms with E-state index in [0.717, 1.165) is 17.5 Å². The van der Waals surface area contributed by atoms with Crippen LogP contribution in [0.2, 0.25) is 0 Å². The van der Waals surface area contributed by atoms with Crippen LogP contribution in [-0.4, -0.2) is 33.2 Å². The molecule has 6 nitrogen and oxygen atoms in total. The maximum absolute atomic E-state index is 12.4. The van der Waals surface area contributed by atoms with Crippen LogP contribution in [0.15, 0.2) is 47.1 Å².